The summed E-state index contributed by atoms with van der Waals surface area (Å²) in [6.45, 7) is 0. The summed E-state index contributed by atoms with van der Waals surface area (Å²) in [7, 11) is -5.48. The molecule has 0 spiro atoms. The highest BCUT2D eigenvalue weighted by Gasteiger charge is 2.46. The zero-order chi connectivity index (χ0) is 12.6. The number of sulfonamides is 1. The maximum Gasteiger partial charge on any atom is 0.516 e. The van der Waals surface area contributed by atoms with Gasteiger partial charge in [0, 0.05) is 5.02 Å². The van der Waals surface area contributed by atoms with Crippen LogP contribution in [0, 0.1) is 0 Å². The third kappa shape index (κ3) is 2.93. The molecule has 0 bridgehead atoms. The second-order valence-electron chi connectivity index (χ2n) is 2.68. The van der Waals surface area contributed by atoms with E-state index in [4.69, 9.17) is 23.2 Å². The largest absolute Gasteiger partial charge is 0.516 e. The van der Waals surface area contributed by atoms with E-state index in [2.05, 4.69) is 0 Å². The van der Waals surface area contributed by atoms with E-state index in [0.717, 1.165) is 6.07 Å². The summed E-state index contributed by atoms with van der Waals surface area (Å²) in [5.74, 6) is 0. The van der Waals surface area contributed by atoms with Crippen LogP contribution in [-0.2, 0) is 10.0 Å². The van der Waals surface area contributed by atoms with Gasteiger partial charge in [0.05, 0.1) is 10.7 Å². The maximum atomic E-state index is 12.0. The minimum absolute atomic E-state index is 0.0595. The van der Waals surface area contributed by atoms with Gasteiger partial charge in [0.25, 0.3) is 0 Å². The Morgan fingerprint density at radius 3 is 2.25 bits per heavy atom. The summed E-state index contributed by atoms with van der Waals surface area (Å²) < 4.78 is 58.9. The Morgan fingerprint density at radius 1 is 1.19 bits per heavy atom. The second kappa shape index (κ2) is 4.31. The van der Waals surface area contributed by atoms with Gasteiger partial charge in [0.1, 0.15) is 0 Å². The summed E-state index contributed by atoms with van der Waals surface area (Å²) in [5, 5.41) is -0.124. The fraction of sp³-hybridized carbons (Fsp3) is 0.143. The lowest BCUT2D eigenvalue weighted by Crippen LogP contribution is -2.30. The van der Waals surface area contributed by atoms with Crippen LogP contribution in [0.4, 0.5) is 18.9 Å². The Labute approximate surface area is 99.2 Å². The molecule has 0 radical (unpaired) electrons. The number of hydrogen-bond donors (Lipinski definition) is 1. The molecular weight excluding hydrogens is 290 g/mol. The molecule has 0 aliphatic carbocycles. The van der Waals surface area contributed by atoms with Gasteiger partial charge in [-0.05, 0) is 18.2 Å². The van der Waals surface area contributed by atoms with Crippen LogP contribution in [-0.4, -0.2) is 13.9 Å². The van der Waals surface area contributed by atoms with Crippen LogP contribution < -0.4 is 4.72 Å². The van der Waals surface area contributed by atoms with Crippen molar-refractivity contribution in [2.45, 2.75) is 5.51 Å². The van der Waals surface area contributed by atoms with Crippen molar-refractivity contribution in [2.24, 2.45) is 0 Å². The molecule has 0 amide bonds. The average molecular weight is 294 g/mol. The molecule has 0 atom stereocenters. The molecule has 16 heavy (non-hydrogen) atoms. The van der Waals surface area contributed by atoms with Gasteiger partial charge in [0.15, 0.2) is 0 Å². The molecule has 1 rings (SSSR count). The van der Waals surface area contributed by atoms with Crippen LogP contribution in [0.5, 0.6) is 0 Å². The molecule has 1 aromatic rings. The van der Waals surface area contributed by atoms with Gasteiger partial charge in [-0.3, -0.25) is 4.72 Å². The number of halogens is 5. The summed E-state index contributed by atoms with van der Waals surface area (Å²) in [6.07, 6.45) is 0. The Kier molecular flexibility index (Phi) is 3.61. The van der Waals surface area contributed by atoms with Gasteiger partial charge < -0.3 is 0 Å². The summed E-state index contributed by atoms with van der Waals surface area (Å²) in [5.41, 5.74) is -5.83. The monoisotopic (exact) mass is 293 g/mol. The average Bonchev–Trinajstić information content (AvgIpc) is 2.09. The van der Waals surface area contributed by atoms with E-state index < -0.39 is 21.2 Å². The number of nitrogens with one attached hydrogen (secondary N) is 1. The molecule has 0 heterocycles. The molecule has 3 nitrogen and oxygen atoms in total. The number of benzene rings is 1. The van der Waals surface area contributed by atoms with E-state index in [1.807, 2.05) is 0 Å². The molecule has 0 fully saturated rings. The zero-order valence-electron chi connectivity index (χ0n) is 7.35. The Morgan fingerprint density at radius 2 is 1.75 bits per heavy atom. The number of alkyl halides is 3. The lowest BCUT2D eigenvalue weighted by molar-refractivity contribution is -0.0429. The smallest absolute Gasteiger partial charge is 0.274 e. The second-order valence-corrected chi connectivity index (χ2v) is 5.19. The van der Waals surface area contributed by atoms with Crippen molar-refractivity contribution in [3.63, 3.8) is 0 Å². The van der Waals surface area contributed by atoms with E-state index in [-0.39, 0.29) is 10.0 Å². The minimum Gasteiger partial charge on any atom is -0.274 e. The van der Waals surface area contributed by atoms with Crippen LogP contribution in [0.3, 0.4) is 0 Å². The third-order valence-electron chi connectivity index (χ3n) is 1.48. The minimum atomic E-state index is -5.48. The lowest BCUT2D eigenvalue weighted by Gasteiger charge is -2.11. The van der Waals surface area contributed by atoms with E-state index in [1.54, 1.807) is 0 Å². The zero-order valence-corrected chi connectivity index (χ0v) is 9.67. The normalized spacial score (nSPS) is 12.6. The van der Waals surface area contributed by atoms with E-state index in [0.29, 0.717) is 0 Å². The van der Waals surface area contributed by atoms with Crippen molar-refractivity contribution in [1.29, 1.82) is 0 Å². The van der Waals surface area contributed by atoms with Crippen LogP contribution in [0.2, 0.25) is 10.0 Å². The number of rotatable bonds is 2. The highest BCUT2D eigenvalue weighted by Crippen LogP contribution is 2.30. The molecule has 90 valence electrons. The van der Waals surface area contributed by atoms with Crippen molar-refractivity contribution in [3.8, 4) is 0 Å². The van der Waals surface area contributed by atoms with Gasteiger partial charge in [-0.2, -0.15) is 21.6 Å². The van der Waals surface area contributed by atoms with Crippen molar-refractivity contribution < 1.29 is 21.6 Å². The molecule has 0 aliphatic rings. The standard InChI is InChI=1S/C7H4Cl2F3NO2S/c8-4-1-2-5(9)6(3-4)13-16(14,15)7(10,11)12/h1-3,13H. The summed E-state index contributed by atoms with van der Waals surface area (Å²) in [6, 6.07) is 3.47. The van der Waals surface area contributed by atoms with Gasteiger partial charge >= 0.3 is 15.5 Å². The van der Waals surface area contributed by atoms with E-state index in [9.17, 15) is 21.6 Å². The first-order chi connectivity index (χ1) is 7.13. The summed E-state index contributed by atoms with van der Waals surface area (Å²) >= 11 is 11.0. The quantitative estimate of drug-likeness (QED) is 0.910. The van der Waals surface area contributed by atoms with Crippen molar-refractivity contribution in [2.75, 3.05) is 4.72 Å². The van der Waals surface area contributed by atoms with Crippen molar-refractivity contribution >= 4 is 38.9 Å². The van der Waals surface area contributed by atoms with Gasteiger partial charge in [-0.25, -0.2) is 0 Å². The molecule has 1 N–H and O–H groups in total. The van der Waals surface area contributed by atoms with Gasteiger partial charge in [0.2, 0.25) is 0 Å². The Bertz CT molecular complexity index is 501. The SMILES string of the molecule is O=S(=O)(Nc1cc(Cl)ccc1Cl)C(F)(F)F. The lowest BCUT2D eigenvalue weighted by atomic mass is 10.3. The predicted molar refractivity (Wildman–Crippen MR) is 55.1 cm³/mol. The summed E-state index contributed by atoms with van der Waals surface area (Å²) in [4.78, 5) is 0. The Hall–Kier alpha value is -0.660. The molecule has 9 heteroatoms. The first-order valence-corrected chi connectivity index (χ1v) is 5.91. The van der Waals surface area contributed by atoms with Crippen molar-refractivity contribution in [1.82, 2.24) is 0 Å². The topological polar surface area (TPSA) is 46.2 Å². The molecule has 0 aromatic heterocycles. The van der Waals surface area contributed by atoms with Crippen LogP contribution >= 0.6 is 23.2 Å². The van der Waals surface area contributed by atoms with Crippen LogP contribution in [0.25, 0.3) is 0 Å². The number of anilines is 1. The van der Waals surface area contributed by atoms with Crippen LogP contribution in [0.1, 0.15) is 0 Å². The highest BCUT2D eigenvalue weighted by atomic mass is 35.5. The number of hydrogen-bond acceptors (Lipinski definition) is 2. The molecule has 1 aromatic carbocycles. The first-order valence-electron chi connectivity index (χ1n) is 3.67. The first kappa shape index (κ1) is 13.4. The van der Waals surface area contributed by atoms with Gasteiger partial charge in [-0.15, -0.1) is 0 Å². The molecular formula is C7H4Cl2F3NO2S. The van der Waals surface area contributed by atoms with E-state index in [1.165, 1.54) is 16.9 Å². The predicted octanol–water partition coefficient (Wildman–Crippen LogP) is 3.25. The highest BCUT2D eigenvalue weighted by molar-refractivity contribution is 7.93. The molecule has 0 unspecified atom stereocenters. The molecule has 0 saturated carbocycles. The molecule has 0 aliphatic heterocycles. The fourth-order valence-corrected chi connectivity index (χ4v) is 1.75. The van der Waals surface area contributed by atoms with Crippen LogP contribution in [0.15, 0.2) is 18.2 Å². The third-order valence-corrected chi connectivity index (χ3v) is 3.14. The Balaban J connectivity index is 3.11. The maximum absolute atomic E-state index is 12.0. The van der Waals surface area contributed by atoms with E-state index >= 15 is 0 Å². The fourth-order valence-electron chi connectivity index (χ4n) is 0.778. The van der Waals surface area contributed by atoms with Gasteiger partial charge in [-0.1, -0.05) is 23.2 Å². The van der Waals surface area contributed by atoms with Crippen molar-refractivity contribution in [3.05, 3.63) is 28.2 Å². The molecule has 0 saturated heterocycles.